The van der Waals surface area contributed by atoms with Crippen molar-refractivity contribution in [2.75, 3.05) is 10.0 Å². The number of hydrogen-bond donors (Lipinski definition) is 3. The van der Waals surface area contributed by atoms with Crippen LogP contribution < -0.4 is 10.0 Å². The SMILES string of the molecule is CC(=O)c1c(C)[nH]c(C(=O)Nc2cccc([S+](=O)([O-])Nc3ccc(C#N)cc3)c2)c1C. The van der Waals surface area contributed by atoms with E-state index in [0.717, 1.165) is 0 Å². The summed E-state index contributed by atoms with van der Waals surface area (Å²) < 4.78 is 27.9. The number of ketones is 1. The molecule has 1 heterocycles. The monoisotopic (exact) mass is 436 g/mol. The van der Waals surface area contributed by atoms with E-state index < -0.39 is 16.3 Å². The van der Waals surface area contributed by atoms with Gasteiger partial charge in [0.25, 0.3) is 5.91 Å². The molecule has 158 valence electrons. The Bertz CT molecular complexity index is 1260. The third kappa shape index (κ3) is 4.71. The van der Waals surface area contributed by atoms with Gasteiger partial charge in [0.2, 0.25) is 0 Å². The van der Waals surface area contributed by atoms with Gasteiger partial charge in [0.05, 0.1) is 17.3 Å². The number of carbonyl (C=O) groups excluding carboxylic acids is 2. The molecule has 9 heteroatoms. The number of nitrogens with one attached hydrogen (secondary N) is 3. The highest BCUT2D eigenvalue weighted by atomic mass is 32.3. The van der Waals surface area contributed by atoms with Gasteiger partial charge in [-0.2, -0.15) is 5.26 Å². The number of nitriles is 1. The number of H-pyrrole nitrogens is 1. The lowest BCUT2D eigenvalue weighted by atomic mass is 10.1. The maximum absolute atomic E-state index is 12.7. The highest BCUT2D eigenvalue weighted by Crippen LogP contribution is 2.24. The predicted octanol–water partition coefficient (Wildman–Crippen LogP) is 3.97. The number of aromatic amines is 1. The highest BCUT2D eigenvalue weighted by Gasteiger charge is 2.23. The van der Waals surface area contributed by atoms with Gasteiger partial charge in [-0.15, -0.1) is 0 Å². The number of Topliss-reactive ketones (excluding diaryl/α,β-unsaturated/α-hetero) is 1. The fourth-order valence-corrected chi connectivity index (χ4v) is 4.37. The van der Waals surface area contributed by atoms with Crippen LogP contribution >= 0.6 is 0 Å². The van der Waals surface area contributed by atoms with E-state index in [4.69, 9.17) is 5.26 Å². The minimum absolute atomic E-state index is 0.0431. The van der Waals surface area contributed by atoms with Crippen molar-refractivity contribution < 1.29 is 18.4 Å². The van der Waals surface area contributed by atoms with E-state index in [1.54, 1.807) is 19.9 Å². The molecule has 3 aromatic rings. The van der Waals surface area contributed by atoms with Gasteiger partial charge >= 0.3 is 0 Å². The average molecular weight is 436 g/mol. The normalized spacial score (nSPS) is 12.5. The van der Waals surface area contributed by atoms with Crippen LogP contribution in [-0.2, 0) is 14.6 Å². The lowest BCUT2D eigenvalue weighted by Crippen LogP contribution is -2.21. The van der Waals surface area contributed by atoms with Crippen LogP contribution in [0.1, 0.15) is 44.6 Å². The van der Waals surface area contributed by atoms with Gasteiger partial charge in [0.1, 0.15) is 5.69 Å². The quantitative estimate of drug-likeness (QED) is 0.396. The Kier molecular flexibility index (Phi) is 6.06. The van der Waals surface area contributed by atoms with Crippen molar-refractivity contribution >= 4 is 33.5 Å². The van der Waals surface area contributed by atoms with Crippen LogP contribution in [-0.4, -0.2) is 21.2 Å². The molecule has 0 aliphatic heterocycles. The van der Waals surface area contributed by atoms with Crippen LogP contribution in [0.2, 0.25) is 0 Å². The zero-order valence-electron chi connectivity index (χ0n) is 17.1. The number of benzene rings is 2. The molecule has 1 amide bonds. The smallest absolute Gasteiger partial charge is 0.272 e. The average Bonchev–Trinajstić information content (AvgIpc) is 3.03. The Hall–Kier alpha value is -3.74. The van der Waals surface area contributed by atoms with Crippen molar-refractivity contribution in [1.29, 1.82) is 5.26 Å². The molecular formula is C22H20N4O4S. The number of nitrogens with zero attached hydrogens (tertiary/aromatic N) is 1. The standard InChI is InChI=1S/C22H20N4O4S/c1-13-20(15(3)27)14(2)24-21(13)22(28)25-18-5-4-6-19(11-18)31(29,30)26-17-9-7-16(12-23)8-10-17/h4-11H,1-3H3,(H3-,24,25,26,27,28,29,30). The topological polar surface area (TPSA) is 138 Å². The summed E-state index contributed by atoms with van der Waals surface area (Å²) in [5.41, 5.74) is 2.84. The maximum Gasteiger partial charge on any atom is 0.272 e. The van der Waals surface area contributed by atoms with E-state index >= 15 is 0 Å². The van der Waals surface area contributed by atoms with E-state index in [1.807, 2.05) is 6.07 Å². The van der Waals surface area contributed by atoms with Gasteiger partial charge in [0.15, 0.2) is 21.1 Å². The number of amides is 1. The van der Waals surface area contributed by atoms with E-state index in [9.17, 15) is 18.4 Å². The summed E-state index contributed by atoms with van der Waals surface area (Å²) in [6.07, 6.45) is 0. The Labute approximate surface area is 180 Å². The second kappa shape index (κ2) is 8.55. The molecule has 1 aromatic heterocycles. The third-order valence-electron chi connectivity index (χ3n) is 4.69. The van der Waals surface area contributed by atoms with Crippen molar-refractivity contribution in [2.45, 2.75) is 25.7 Å². The molecule has 3 rings (SSSR count). The minimum atomic E-state index is -3.91. The molecule has 0 aliphatic carbocycles. The van der Waals surface area contributed by atoms with Gasteiger partial charge in [-0.1, -0.05) is 10.3 Å². The Morgan fingerprint density at radius 1 is 1.10 bits per heavy atom. The summed E-state index contributed by atoms with van der Waals surface area (Å²) in [5, 5.41) is 11.5. The summed E-state index contributed by atoms with van der Waals surface area (Å²) in [5.74, 6) is -0.630. The molecule has 0 saturated carbocycles. The van der Waals surface area contributed by atoms with Crippen molar-refractivity contribution in [1.82, 2.24) is 4.98 Å². The van der Waals surface area contributed by atoms with E-state index in [1.165, 1.54) is 49.4 Å². The molecule has 8 nitrogen and oxygen atoms in total. The summed E-state index contributed by atoms with van der Waals surface area (Å²) in [4.78, 5) is 27.3. The number of anilines is 2. The molecular weight excluding hydrogens is 416 g/mol. The summed E-state index contributed by atoms with van der Waals surface area (Å²) in [7, 11) is -3.91. The molecule has 1 unspecified atom stereocenters. The van der Waals surface area contributed by atoms with Crippen LogP contribution in [0.5, 0.6) is 0 Å². The molecule has 2 aromatic carbocycles. The molecule has 0 saturated heterocycles. The molecule has 3 N–H and O–H groups in total. The first-order chi connectivity index (χ1) is 14.6. The lowest BCUT2D eigenvalue weighted by molar-refractivity contribution is 0.101. The molecule has 0 aliphatic rings. The first-order valence-electron chi connectivity index (χ1n) is 9.27. The number of sulfonamides is 1. The molecule has 0 fully saturated rings. The summed E-state index contributed by atoms with van der Waals surface area (Å²) >= 11 is 0. The van der Waals surface area contributed by atoms with Gasteiger partial charge in [0, 0.05) is 23.0 Å². The summed E-state index contributed by atoms with van der Waals surface area (Å²) in [6, 6.07) is 13.8. The van der Waals surface area contributed by atoms with Crippen molar-refractivity contribution in [2.24, 2.45) is 0 Å². The van der Waals surface area contributed by atoms with Crippen LogP contribution in [0.15, 0.2) is 53.4 Å². The molecule has 1 atom stereocenters. The largest absolute Gasteiger partial charge is 0.588 e. The van der Waals surface area contributed by atoms with Gasteiger partial charge in [-0.3, -0.25) is 9.59 Å². The zero-order chi connectivity index (χ0) is 22.8. The van der Waals surface area contributed by atoms with Crippen LogP contribution in [0.4, 0.5) is 11.4 Å². The van der Waals surface area contributed by atoms with Crippen LogP contribution in [0.25, 0.3) is 0 Å². The fraction of sp³-hybridized carbons (Fsp3) is 0.136. The first kappa shape index (κ1) is 22.0. The highest BCUT2D eigenvalue weighted by molar-refractivity contribution is 7.98. The minimum Gasteiger partial charge on any atom is -0.588 e. The van der Waals surface area contributed by atoms with Crippen molar-refractivity contribution in [3.05, 3.63) is 76.6 Å². The molecule has 0 bridgehead atoms. The number of rotatable bonds is 6. The van der Waals surface area contributed by atoms with Gasteiger partial charge in [-0.25, -0.2) is 4.72 Å². The maximum atomic E-state index is 12.7. The number of carbonyl (C=O) groups is 2. The van der Waals surface area contributed by atoms with E-state index in [0.29, 0.717) is 28.1 Å². The van der Waals surface area contributed by atoms with Crippen molar-refractivity contribution in [3.8, 4) is 6.07 Å². The predicted molar refractivity (Wildman–Crippen MR) is 117 cm³/mol. The van der Waals surface area contributed by atoms with Crippen LogP contribution in [0.3, 0.4) is 0 Å². The number of aryl methyl sites for hydroxylation is 1. The van der Waals surface area contributed by atoms with E-state index in [2.05, 4.69) is 15.0 Å². The summed E-state index contributed by atoms with van der Waals surface area (Å²) in [6.45, 7) is 4.82. The second-order valence-corrected chi connectivity index (χ2v) is 8.64. The van der Waals surface area contributed by atoms with E-state index in [-0.39, 0.29) is 22.1 Å². The Morgan fingerprint density at radius 2 is 1.77 bits per heavy atom. The van der Waals surface area contributed by atoms with Gasteiger partial charge < -0.3 is 14.9 Å². The number of aromatic nitrogens is 1. The van der Waals surface area contributed by atoms with Gasteiger partial charge in [-0.05, 0) is 62.7 Å². The molecule has 31 heavy (non-hydrogen) atoms. The molecule has 0 radical (unpaired) electrons. The van der Waals surface area contributed by atoms with Crippen molar-refractivity contribution in [3.63, 3.8) is 0 Å². The first-order valence-corrected chi connectivity index (χ1v) is 10.7. The lowest BCUT2D eigenvalue weighted by Gasteiger charge is -2.16. The fourth-order valence-electron chi connectivity index (χ4n) is 3.27. The Balaban J connectivity index is 1.82. The Morgan fingerprint density at radius 3 is 2.35 bits per heavy atom. The number of hydrogen-bond acceptors (Lipinski definition) is 5. The molecule has 0 spiro atoms. The zero-order valence-corrected chi connectivity index (χ0v) is 17.9. The third-order valence-corrected chi connectivity index (χ3v) is 6.06. The van der Waals surface area contributed by atoms with Crippen LogP contribution in [0, 0.1) is 25.2 Å². The second-order valence-electron chi connectivity index (χ2n) is 6.96.